The molecule has 0 saturated heterocycles. The molecule has 2 rings (SSSR count). The van der Waals surface area contributed by atoms with Crippen molar-refractivity contribution in [1.82, 2.24) is 0 Å². The largest absolute Gasteiger partial charge is 0.398 e. The van der Waals surface area contributed by atoms with Crippen molar-refractivity contribution < 1.29 is 12.8 Å². The van der Waals surface area contributed by atoms with Gasteiger partial charge in [-0.15, -0.1) is 0 Å². The summed E-state index contributed by atoms with van der Waals surface area (Å²) in [6, 6.07) is 6.46. The molecule has 0 bridgehead atoms. The van der Waals surface area contributed by atoms with Crippen LogP contribution in [0.2, 0.25) is 5.02 Å². The average molecular weight is 459 g/mol. The minimum absolute atomic E-state index is 0.104. The normalized spacial score (nSPS) is 11.4. The fourth-order valence-corrected chi connectivity index (χ4v) is 4.27. The summed E-state index contributed by atoms with van der Waals surface area (Å²) < 4.78 is 40.6. The van der Waals surface area contributed by atoms with Gasteiger partial charge in [-0.05, 0) is 62.2 Å². The highest BCUT2D eigenvalue weighted by Gasteiger charge is 2.20. The number of halogens is 4. The maximum atomic E-state index is 13.2. The Labute approximate surface area is 142 Å². The molecule has 0 amide bonds. The summed E-state index contributed by atoms with van der Waals surface area (Å²) in [5.41, 5.74) is 6.07. The van der Waals surface area contributed by atoms with Crippen LogP contribution in [-0.4, -0.2) is 8.42 Å². The number of benzene rings is 2. The lowest BCUT2D eigenvalue weighted by molar-refractivity contribution is 0.600. The second kappa shape index (κ2) is 6.12. The highest BCUT2D eigenvalue weighted by molar-refractivity contribution is 9.10. The Balaban J connectivity index is 2.45. The summed E-state index contributed by atoms with van der Waals surface area (Å²) in [4.78, 5) is -0.104. The van der Waals surface area contributed by atoms with Gasteiger partial charge >= 0.3 is 0 Å². The Morgan fingerprint density at radius 1 is 1.19 bits per heavy atom. The number of sulfonamides is 1. The number of anilines is 2. The predicted octanol–water partition coefficient (Wildman–Crippen LogP) is 4.39. The first-order chi connectivity index (χ1) is 9.70. The summed E-state index contributed by atoms with van der Waals surface area (Å²) in [7, 11) is -3.92. The molecule has 2 aromatic rings. The van der Waals surface area contributed by atoms with Gasteiger partial charge in [0.1, 0.15) is 10.7 Å². The predicted molar refractivity (Wildman–Crippen MR) is 88.5 cm³/mol. The van der Waals surface area contributed by atoms with E-state index < -0.39 is 15.8 Å². The minimum atomic E-state index is -3.92. The molecule has 0 saturated carbocycles. The van der Waals surface area contributed by atoms with E-state index in [1.54, 1.807) is 0 Å². The minimum Gasteiger partial charge on any atom is -0.398 e. The molecule has 0 heterocycles. The Hall–Kier alpha value is -0.830. The van der Waals surface area contributed by atoms with Crippen molar-refractivity contribution in [2.75, 3.05) is 10.5 Å². The van der Waals surface area contributed by atoms with Gasteiger partial charge in [0.05, 0.1) is 14.6 Å². The molecule has 0 unspecified atom stereocenters. The van der Waals surface area contributed by atoms with Crippen molar-refractivity contribution in [2.45, 2.75) is 4.90 Å². The van der Waals surface area contributed by atoms with E-state index >= 15 is 0 Å². The summed E-state index contributed by atoms with van der Waals surface area (Å²) in [5.74, 6) is -0.494. The van der Waals surface area contributed by atoms with Gasteiger partial charge in [0, 0.05) is 10.7 Å². The van der Waals surface area contributed by atoms with Crippen LogP contribution in [-0.2, 0) is 10.0 Å². The van der Waals surface area contributed by atoms with Crippen LogP contribution < -0.4 is 10.5 Å². The van der Waals surface area contributed by atoms with Crippen LogP contribution >= 0.6 is 43.5 Å². The molecule has 0 radical (unpaired) electrons. The molecule has 21 heavy (non-hydrogen) atoms. The zero-order chi connectivity index (χ0) is 15.8. The molecule has 0 aliphatic heterocycles. The van der Waals surface area contributed by atoms with Gasteiger partial charge in [0.25, 0.3) is 10.0 Å². The standard InChI is InChI=1S/C12H8Br2ClFN2O2S/c13-8-5-7(1-2-9(8)16)18-21(19,20)11-4-6(15)3-10(17)12(11)14/h1-5,18H,17H2. The molecule has 0 aliphatic rings. The lowest BCUT2D eigenvalue weighted by Gasteiger charge is -2.12. The van der Waals surface area contributed by atoms with Crippen molar-refractivity contribution in [3.63, 3.8) is 0 Å². The molecule has 0 spiro atoms. The number of nitrogens with two attached hydrogens (primary N) is 1. The number of rotatable bonds is 3. The molecule has 9 heteroatoms. The summed E-state index contributed by atoms with van der Waals surface area (Å²) in [6.45, 7) is 0. The lowest BCUT2D eigenvalue weighted by Crippen LogP contribution is -2.14. The third kappa shape index (κ3) is 3.68. The van der Waals surface area contributed by atoms with Crippen LogP contribution in [0.5, 0.6) is 0 Å². The molecule has 0 aliphatic carbocycles. The van der Waals surface area contributed by atoms with E-state index in [9.17, 15) is 12.8 Å². The third-order valence-corrected chi connectivity index (χ3v) is 5.87. The van der Waals surface area contributed by atoms with E-state index in [-0.39, 0.29) is 30.2 Å². The van der Waals surface area contributed by atoms with Gasteiger partial charge in [-0.3, -0.25) is 4.72 Å². The van der Waals surface area contributed by atoms with Crippen LogP contribution in [0.3, 0.4) is 0 Å². The maximum Gasteiger partial charge on any atom is 0.263 e. The van der Waals surface area contributed by atoms with Gasteiger partial charge in [0.2, 0.25) is 0 Å². The van der Waals surface area contributed by atoms with E-state index in [1.807, 2.05) is 0 Å². The monoisotopic (exact) mass is 456 g/mol. The first-order valence-electron chi connectivity index (χ1n) is 5.43. The molecular formula is C12H8Br2ClFN2O2S. The van der Waals surface area contributed by atoms with Crippen molar-refractivity contribution in [3.8, 4) is 0 Å². The molecule has 112 valence electrons. The van der Waals surface area contributed by atoms with Crippen LogP contribution in [0.15, 0.2) is 44.2 Å². The Bertz CT molecular complexity index is 815. The van der Waals surface area contributed by atoms with Gasteiger partial charge in [-0.25, -0.2) is 12.8 Å². The molecule has 0 aromatic heterocycles. The number of hydrogen-bond acceptors (Lipinski definition) is 3. The number of hydrogen-bond donors (Lipinski definition) is 2. The van der Waals surface area contributed by atoms with Gasteiger partial charge < -0.3 is 5.73 Å². The molecule has 2 aromatic carbocycles. The van der Waals surface area contributed by atoms with E-state index in [0.717, 1.165) is 6.07 Å². The first kappa shape index (κ1) is 16.5. The van der Waals surface area contributed by atoms with Crippen LogP contribution in [0, 0.1) is 5.82 Å². The Kier molecular flexibility index (Phi) is 4.82. The van der Waals surface area contributed by atoms with Gasteiger partial charge in [-0.1, -0.05) is 11.6 Å². The van der Waals surface area contributed by atoms with Crippen LogP contribution in [0.4, 0.5) is 15.8 Å². The van der Waals surface area contributed by atoms with Crippen LogP contribution in [0.1, 0.15) is 0 Å². The second-order valence-corrected chi connectivity index (χ2v) is 7.78. The third-order valence-electron chi connectivity index (χ3n) is 2.49. The number of nitrogen functional groups attached to an aromatic ring is 1. The lowest BCUT2D eigenvalue weighted by atomic mass is 10.3. The van der Waals surface area contributed by atoms with Crippen molar-refractivity contribution in [1.29, 1.82) is 0 Å². The van der Waals surface area contributed by atoms with E-state index in [4.69, 9.17) is 17.3 Å². The molecular weight excluding hydrogens is 450 g/mol. The van der Waals surface area contributed by atoms with Crippen molar-refractivity contribution in [2.24, 2.45) is 0 Å². The summed E-state index contributed by atoms with van der Waals surface area (Å²) in [6.07, 6.45) is 0. The van der Waals surface area contributed by atoms with E-state index in [2.05, 4.69) is 36.6 Å². The first-order valence-corrected chi connectivity index (χ1v) is 8.88. The molecule has 0 atom stereocenters. The fraction of sp³-hybridized carbons (Fsp3) is 0. The SMILES string of the molecule is Nc1cc(Cl)cc(S(=O)(=O)Nc2ccc(F)c(Br)c2)c1Br. The average Bonchev–Trinajstić information content (AvgIpc) is 2.37. The van der Waals surface area contributed by atoms with Crippen molar-refractivity contribution >= 4 is 64.9 Å². The van der Waals surface area contributed by atoms with E-state index in [1.165, 1.54) is 24.3 Å². The summed E-state index contributed by atoms with van der Waals surface area (Å²) in [5, 5.41) is 0.191. The topological polar surface area (TPSA) is 72.2 Å². The maximum absolute atomic E-state index is 13.2. The summed E-state index contributed by atoms with van der Waals surface area (Å²) >= 11 is 11.9. The highest BCUT2D eigenvalue weighted by atomic mass is 79.9. The smallest absolute Gasteiger partial charge is 0.263 e. The molecule has 0 fully saturated rings. The van der Waals surface area contributed by atoms with Gasteiger partial charge in [0.15, 0.2) is 0 Å². The van der Waals surface area contributed by atoms with Gasteiger partial charge in [-0.2, -0.15) is 0 Å². The Morgan fingerprint density at radius 2 is 1.86 bits per heavy atom. The second-order valence-electron chi connectivity index (χ2n) is 4.04. The molecule has 4 nitrogen and oxygen atoms in total. The molecule has 3 N–H and O–H groups in total. The van der Waals surface area contributed by atoms with Crippen molar-refractivity contribution in [3.05, 3.63) is 50.1 Å². The van der Waals surface area contributed by atoms with E-state index in [0.29, 0.717) is 0 Å². The quantitative estimate of drug-likeness (QED) is 0.671. The van der Waals surface area contributed by atoms with Crippen LogP contribution in [0.25, 0.3) is 0 Å². The number of nitrogens with one attached hydrogen (secondary N) is 1. The zero-order valence-corrected chi connectivity index (χ0v) is 14.9. The zero-order valence-electron chi connectivity index (χ0n) is 10.2. The highest BCUT2D eigenvalue weighted by Crippen LogP contribution is 2.33. The fourth-order valence-electron chi connectivity index (χ4n) is 1.55. The Morgan fingerprint density at radius 3 is 2.48 bits per heavy atom.